The molecule has 0 saturated carbocycles. The zero-order chi connectivity index (χ0) is 19.0. The van der Waals surface area contributed by atoms with Gasteiger partial charge in [-0.2, -0.15) is 0 Å². The number of hydrogen-bond acceptors (Lipinski definition) is 5. The summed E-state index contributed by atoms with van der Waals surface area (Å²) in [7, 11) is 0. The van der Waals surface area contributed by atoms with Gasteiger partial charge < -0.3 is 18.6 Å². The lowest BCUT2D eigenvalue weighted by Gasteiger charge is -2.26. The fourth-order valence-electron chi connectivity index (χ4n) is 3.73. The maximum atomic E-state index is 13.2. The number of carbonyl (C=O) groups excluding carboxylic acids is 1. The molecule has 1 atom stereocenters. The van der Waals surface area contributed by atoms with Crippen LogP contribution in [0, 0.1) is 0 Å². The number of benzene rings is 1. The molecule has 1 aliphatic heterocycles. The third-order valence-corrected chi connectivity index (χ3v) is 5.24. The highest BCUT2D eigenvalue weighted by Gasteiger charge is 2.43. The Morgan fingerprint density at radius 2 is 1.85 bits per heavy atom. The van der Waals surface area contributed by atoms with Crippen LogP contribution < -0.4 is 5.43 Å². The number of fused-ring (bicyclic) bond motifs is 2. The van der Waals surface area contributed by atoms with Crippen LogP contribution in [0.2, 0.25) is 0 Å². The second-order valence-electron chi connectivity index (χ2n) is 6.61. The average Bonchev–Trinajstić information content (AvgIpc) is 3.30. The Bertz CT molecular complexity index is 1020. The molecule has 27 heavy (non-hydrogen) atoms. The average molecular weight is 366 g/mol. The Morgan fingerprint density at radius 3 is 2.56 bits per heavy atom. The molecule has 0 N–H and O–H groups in total. The fraction of sp³-hybridized carbons (Fsp3) is 0.333. The molecule has 2 aromatic heterocycles. The molecule has 0 spiro atoms. The molecule has 0 saturated heterocycles. The molecule has 3 aromatic rings. The molecule has 1 aliphatic rings. The minimum Gasteiger partial charge on any atom is -0.467 e. The lowest BCUT2D eigenvalue weighted by atomic mass is 10.0. The first-order valence-corrected chi connectivity index (χ1v) is 9.28. The van der Waals surface area contributed by atoms with Gasteiger partial charge in [0.05, 0.1) is 17.2 Å². The molecule has 6 nitrogen and oxygen atoms in total. The minimum absolute atomic E-state index is 0.125. The zero-order valence-electron chi connectivity index (χ0n) is 15.5. The van der Waals surface area contributed by atoms with Crippen molar-refractivity contribution in [1.29, 1.82) is 0 Å². The van der Waals surface area contributed by atoms with E-state index >= 15 is 0 Å². The van der Waals surface area contributed by atoms with Crippen LogP contribution in [0.3, 0.4) is 0 Å². The Balaban J connectivity index is 1.83. The van der Waals surface area contributed by atoms with Gasteiger partial charge in [-0.05, 0) is 37.4 Å². The first-order valence-electron chi connectivity index (χ1n) is 9.28. The van der Waals surface area contributed by atoms with Crippen LogP contribution in [-0.4, -0.2) is 41.9 Å². The molecule has 1 amide bonds. The van der Waals surface area contributed by atoms with Crippen molar-refractivity contribution in [3.8, 4) is 0 Å². The molecule has 3 heterocycles. The lowest BCUT2D eigenvalue weighted by molar-refractivity contribution is 0.0694. The van der Waals surface area contributed by atoms with Crippen LogP contribution in [-0.2, 0) is 0 Å². The van der Waals surface area contributed by atoms with Crippen molar-refractivity contribution in [3.05, 3.63) is 70.0 Å². The number of hydrogen-bond donors (Lipinski definition) is 0. The molecule has 0 radical (unpaired) electrons. The van der Waals surface area contributed by atoms with E-state index in [9.17, 15) is 9.59 Å². The second kappa shape index (κ2) is 7.04. The summed E-state index contributed by atoms with van der Waals surface area (Å²) in [6, 6.07) is 10.0. The van der Waals surface area contributed by atoms with Gasteiger partial charge in [0.15, 0.2) is 5.43 Å². The number of likely N-dealkylation sites (N-methyl/N-ethyl adjacent to an activating group) is 1. The second-order valence-corrected chi connectivity index (χ2v) is 6.61. The predicted molar refractivity (Wildman–Crippen MR) is 102 cm³/mol. The summed E-state index contributed by atoms with van der Waals surface area (Å²) < 4.78 is 11.5. The number of carbonyl (C=O) groups is 1. The topological polar surface area (TPSA) is 66.9 Å². The third kappa shape index (κ3) is 2.86. The molecule has 0 bridgehead atoms. The molecule has 0 unspecified atom stereocenters. The van der Waals surface area contributed by atoms with Crippen molar-refractivity contribution in [1.82, 2.24) is 9.80 Å². The van der Waals surface area contributed by atoms with E-state index in [1.807, 2.05) is 0 Å². The highest BCUT2D eigenvalue weighted by atomic mass is 16.4. The zero-order valence-corrected chi connectivity index (χ0v) is 15.5. The SMILES string of the molecule is CCN(CC)CCN1C(=O)c2oc3ccccc3c(=O)c2[C@@H]1c1ccco1. The van der Waals surface area contributed by atoms with Gasteiger partial charge in [0.1, 0.15) is 17.4 Å². The molecule has 0 fully saturated rings. The maximum Gasteiger partial charge on any atom is 0.291 e. The van der Waals surface area contributed by atoms with Crippen molar-refractivity contribution < 1.29 is 13.6 Å². The Kier molecular flexibility index (Phi) is 4.58. The molecule has 0 aliphatic carbocycles. The van der Waals surface area contributed by atoms with Gasteiger partial charge in [0.25, 0.3) is 5.91 Å². The van der Waals surface area contributed by atoms with Crippen LogP contribution in [0.1, 0.15) is 41.8 Å². The molecule has 6 heteroatoms. The van der Waals surface area contributed by atoms with E-state index in [1.54, 1.807) is 47.6 Å². The predicted octanol–water partition coefficient (Wildman–Crippen LogP) is 3.27. The molecular weight excluding hydrogens is 344 g/mol. The normalized spacial score (nSPS) is 16.5. The van der Waals surface area contributed by atoms with Crippen molar-refractivity contribution in [2.75, 3.05) is 26.2 Å². The molecular formula is C21H22N2O4. The largest absolute Gasteiger partial charge is 0.467 e. The van der Waals surface area contributed by atoms with E-state index in [2.05, 4.69) is 18.7 Å². The molecule has 1 aromatic carbocycles. The van der Waals surface area contributed by atoms with Crippen molar-refractivity contribution in [2.45, 2.75) is 19.9 Å². The van der Waals surface area contributed by atoms with Crippen molar-refractivity contribution in [2.24, 2.45) is 0 Å². The maximum absolute atomic E-state index is 13.2. The van der Waals surface area contributed by atoms with E-state index in [-0.39, 0.29) is 17.1 Å². The van der Waals surface area contributed by atoms with E-state index < -0.39 is 6.04 Å². The summed E-state index contributed by atoms with van der Waals surface area (Å²) in [4.78, 5) is 30.2. The summed E-state index contributed by atoms with van der Waals surface area (Å²) in [5.41, 5.74) is 0.624. The number of para-hydroxylation sites is 1. The molecule has 4 rings (SSSR count). The van der Waals surface area contributed by atoms with E-state index in [0.29, 0.717) is 28.8 Å². The van der Waals surface area contributed by atoms with E-state index in [1.165, 1.54) is 0 Å². The lowest BCUT2D eigenvalue weighted by Crippen LogP contribution is -2.37. The highest BCUT2D eigenvalue weighted by Crippen LogP contribution is 2.38. The Morgan fingerprint density at radius 1 is 1.07 bits per heavy atom. The number of furan rings is 1. The van der Waals surface area contributed by atoms with Gasteiger partial charge >= 0.3 is 0 Å². The summed E-state index contributed by atoms with van der Waals surface area (Å²) in [5, 5.41) is 0.478. The Labute approximate surface area is 157 Å². The van der Waals surface area contributed by atoms with Gasteiger partial charge in [-0.25, -0.2) is 0 Å². The minimum atomic E-state index is -0.557. The quantitative estimate of drug-likeness (QED) is 0.670. The first-order chi connectivity index (χ1) is 13.2. The summed E-state index contributed by atoms with van der Waals surface area (Å²) >= 11 is 0. The number of amides is 1. The van der Waals surface area contributed by atoms with Crippen LogP contribution in [0.5, 0.6) is 0 Å². The van der Waals surface area contributed by atoms with Crippen LogP contribution in [0.15, 0.2) is 56.3 Å². The Hall–Kier alpha value is -2.86. The van der Waals surface area contributed by atoms with Crippen LogP contribution in [0.25, 0.3) is 11.0 Å². The van der Waals surface area contributed by atoms with Gasteiger partial charge in [0.2, 0.25) is 5.76 Å². The fourth-order valence-corrected chi connectivity index (χ4v) is 3.73. The van der Waals surface area contributed by atoms with Crippen LogP contribution >= 0.6 is 0 Å². The monoisotopic (exact) mass is 366 g/mol. The van der Waals surface area contributed by atoms with Gasteiger partial charge in [-0.15, -0.1) is 0 Å². The van der Waals surface area contributed by atoms with Gasteiger partial charge in [-0.1, -0.05) is 26.0 Å². The molecule has 140 valence electrons. The van der Waals surface area contributed by atoms with Gasteiger partial charge in [-0.3, -0.25) is 9.59 Å². The number of nitrogens with zero attached hydrogens (tertiary/aromatic N) is 2. The smallest absolute Gasteiger partial charge is 0.291 e. The first kappa shape index (κ1) is 17.5. The number of rotatable bonds is 6. The van der Waals surface area contributed by atoms with Crippen LogP contribution in [0.4, 0.5) is 0 Å². The highest BCUT2D eigenvalue weighted by molar-refractivity contribution is 5.98. The van der Waals surface area contributed by atoms with E-state index in [0.717, 1.165) is 19.6 Å². The summed E-state index contributed by atoms with van der Waals surface area (Å²) in [5.74, 6) is 0.435. The van der Waals surface area contributed by atoms with E-state index in [4.69, 9.17) is 8.83 Å². The third-order valence-electron chi connectivity index (χ3n) is 5.24. The standard InChI is InChI=1S/C21H22N2O4/c1-3-22(4-2)11-12-23-18(16-10-7-13-26-16)17-19(24)14-8-5-6-9-15(14)27-20(17)21(23)25/h5-10,13,18H,3-4,11-12H2,1-2H3/t18-/m0/s1. The summed E-state index contributed by atoms with van der Waals surface area (Å²) in [6.45, 7) is 7.19. The van der Waals surface area contributed by atoms with Gasteiger partial charge in [0, 0.05) is 13.1 Å². The van der Waals surface area contributed by atoms with Crippen molar-refractivity contribution in [3.63, 3.8) is 0 Å². The summed E-state index contributed by atoms with van der Waals surface area (Å²) in [6.07, 6.45) is 1.56. The van der Waals surface area contributed by atoms with Crippen molar-refractivity contribution >= 4 is 16.9 Å².